The first-order chi connectivity index (χ1) is 36.2. The topological polar surface area (TPSA) is 0 Å². The molecule has 0 saturated carbocycles. The van der Waals surface area contributed by atoms with Crippen LogP contribution in [0.2, 0.25) is 0 Å². The largest absolute Gasteiger partial charge is 0.0683 e. The van der Waals surface area contributed by atoms with E-state index in [2.05, 4.69) is 125 Å². The van der Waals surface area contributed by atoms with Crippen LogP contribution >= 0.6 is 0 Å². The number of hydrogen-bond acceptors (Lipinski definition) is 0. The molecule has 0 radical (unpaired) electrons. The van der Waals surface area contributed by atoms with Gasteiger partial charge in [-0.25, -0.2) is 0 Å². The molecule has 0 aromatic carbocycles. The van der Waals surface area contributed by atoms with Gasteiger partial charge in [-0.15, -0.1) is 0 Å². The highest BCUT2D eigenvalue weighted by atomic mass is 14.1. The molecule has 0 rings (SSSR count). The van der Waals surface area contributed by atoms with Crippen molar-refractivity contribution < 1.29 is 0 Å². The molecule has 0 N–H and O–H groups in total. The van der Waals surface area contributed by atoms with Crippen LogP contribution in [0.15, 0.2) is 0 Å². The molecule has 0 fully saturated rings. The molecule has 2 unspecified atom stereocenters. The van der Waals surface area contributed by atoms with Crippen molar-refractivity contribution in [3.8, 4) is 0 Å². The van der Waals surface area contributed by atoms with Gasteiger partial charge in [0.25, 0.3) is 0 Å². The fourth-order valence-corrected chi connectivity index (χ4v) is 7.73. The Balaban J connectivity index is -0.0000000575. The van der Waals surface area contributed by atoms with Crippen molar-refractivity contribution in [2.75, 3.05) is 0 Å². The Bertz CT molecular complexity index is 629. The van der Waals surface area contributed by atoms with Gasteiger partial charge in [0.2, 0.25) is 0 Å². The summed E-state index contributed by atoms with van der Waals surface area (Å²) in [4.78, 5) is 0. The van der Waals surface area contributed by atoms with E-state index < -0.39 is 0 Å². The maximum absolute atomic E-state index is 2.40. The average molecular weight is 1080 g/mol. The molecule has 0 aliphatic carbocycles. The van der Waals surface area contributed by atoms with E-state index in [1.165, 1.54) is 244 Å². The highest BCUT2D eigenvalue weighted by Crippen LogP contribution is 2.23. The van der Waals surface area contributed by atoms with E-state index in [4.69, 9.17) is 0 Å². The summed E-state index contributed by atoms with van der Waals surface area (Å²) >= 11 is 0. The van der Waals surface area contributed by atoms with Gasteiger partial charge >= 0.3 is 0 Å². The maximum Gasteiger partial charge on any atom is -0.0411 e. The summed E-state index contributed by atoms with van der Waals surface area (Å²) in [6, 6.07) is 0. The quantitative estimate of drug-likeness (QED) is 0.0544. The third-order valence-electron chi connectivity index (χ3n) is 12.0. The Hall–Kier alpha value is 0. The molecule has 0 spiro atoms. The molecule has 0 aliphatic rings. The zero-order chi connectivity index (χ0) is 61.7. The van der Waals surface area contributed by atoms with Crippen molar-refractivity contribution in [1.82, 2.24) is 0 Å². The average Bonchev–Trinajstić information content (AvgIpc) is 3.43. The van der Waals surface area contributed by atoms with E-state index in [0.717, 1.165) is 23.7 Å². The molecule has 0 aromatic rings. The second-order valence-electron chi connectivity index (χ2n) is 21.5. The molecule has 0 aromatic heterocycles. The van der Waals surface area contributed by atoms with Gasteiger partial charge < -0.3 is 0 Å². The summed E-state index contributed by atoms with van der Waals surface area (Å²) < 4.78 is 0. The molecule has 75 heavy (non-hydrogen) atoms. The summed E-state index contributed by atoms with van der Waals surface area (Å²) in [7, 11) is 0. The molecule has 0 amide bonds. The minimum Gasteiger partial charge on any atom is -0.0683 e. The fourth-order valence-electron chi connectivity index (χ4n) is 7.73. The van der Waals surface area contributed by atoms with Crippen LogP contribution in [0.4, 0.5) is 0 Å². The van der Waals surface area contributed by atoms with E-state index >= 15 is 0 Å². The zero-order valence-corrected chi connectivity index (χ0v) is 61.7. The van der Waals surface area contributed by atoms with Crippen LogP contribution in [0.25, 0.3) is 0 Å². The molecule has 0 heterocycles. The van der Waals surface area contributed by atoms with Crippen molar-refractivity contribution in [1.29, 1.82) is 0 Å². The van der Waals surface area contributed by atoms with Crippen molar-refractivity contribution >= 4 is 0 Å². The van der Waals surface area contributed by atoms with Crippen LogP contribution < -0.4 is 0 Å². The first-order valence-corrected chi connectivity index (χ1v) is 36.2. The molecule has 0 nitrogen and oxygen atoms in total. The van der Waals surface area contributed by atoms with E-state index in [1.54, 1.807) is 0 Å². The van der Waals surface area contributed by atoms with Gasteiger partial charge in [0, 0.05) is 0 Å². The lowest BCUT2D eigenvalue weighted by Crippen LogP contribution is -1.99. The maximum atomic E-state index is 2.40. The predicted octanol–water partition coefficient (Wildman–Crippen LogP) is 31.7. The molecule has 476 valence electrons. The standard InChI is InChI=1S/C21H44.C17H36.C9H20.C6H14.C5H12.C3H8.7C2H6/c1-4-7-9-11-13-14-16-18-20-21(6-3)19-17-15-12-10-8-5-2;1-4-7-9-11-12-14-16-17(6-3)15-13-10-8-5-2;1-4-7-8-9(5-2)6-3;1-4-5-6(2)3;1-5(2,3)4;1-3-2;7*1-2/h21H,4-20H2,1-3H3;17H,4-16H2,1-3H3;9H,4-8H2,1-3H3;6H,4-5H2,1-3H3;1-4H3;3H2,1-2H3;7*1-2H3. The lowest BCUT2D eigenvalue weighted by molar-refractivity contribution is 0.392. The summed E-state index contributed by atoms with van der Waals surface area (Å²) in [5, 5.41) is 0. The van der Waals surface area contributed by atoms with Crippen molar-refractivity contribution in [3.63, 3.8) is 0 Å². The second-order valence-corrected chi connectivity index (χ2v) is 21.5. The van der Waals surface area contributed by atoms with Crippen molar-refractivity contribution in [2.45, 2.75) is 466 Å². The van der Waals surface area contributed by atoms with Gasteiger partial charge in [-0.1, -0.05) is 466 Å². The number of rotatable bonds is 37. The van der Waals surface area contributed by atoms with Gasteiger partial charge in [0.15, 0.2) is 0 Å². The molecule has 0 aliphatic heterocycles. The summed E-state index contributed by atoms with van der Waals surface area (Å²) in [6.45, 7) is 68.6. The van der Waals surface area contributed by atoms with E-state index in [9.17, 15) is 0 Å². The third-order valence-corrected chi connectivity index (χ3v) is 12.0. The lowest BCUT2D eigenvalue weighted by atomic mass is 9.92. The first-order valence-electron chi connectivity index (χ1n) is 36.2. The van der Waals surface area contributed by atoms with Gasteiger partial charge in [-0.3, -0.25) is 0 Å². The molecular weight excluding hydrogens is 901 g/mol. The Kier molecular flexibility index (Phi) is 179. The molecule has 2 atom stereocenters. The molecule has 0 heteroatoms. The minimum absolute atomic E-state index is 0.500. The van der Waals surface area contributed by atoms with Crippen LogP contribution in [-0.4, -0.2) is 0 Å². The van der Waals surface area contributed by atoms with Crippen molar-refractivity contribution in [2.24, 2.45) is 29.1 Å². The minimum atomic E-state index is 0.500. The van der Waals surface area contributed by atoms with E-state index in [-0.39, 0.29) is 0 Å². The van der Waals surface area contributed by atoms with Gasteiger partial charge in [0.1, 0.15) is 0 Å². The van der Waals surface area contributed by atoms with Crippen LogP contribution in [0.1, 0.15) is 466 Å². The first kappa shape index (κ1) is 107. The second kappa shape index (κ2) is 126. The van der Waals surface area contributed by atoms with Crippen LogP contribution in [0.5, 0.6) is 0 Å². The van der Waals surface area contributed by atoms with Crippen LogP contribution in [0, 0.1) is 29.1 Å². The van der Waals surface area contributed by atoms with E-state index in [1.807, 2.05) is 96.9 Å². The number of unbranched alkanes of at least 4 members (excludes halogenated alkanes) is 21. The summed E-state index contributed by atoms with van der Waals surface area (Å²) in [5.74, 6) is 3.95. The molecular formula is C75H176. The lowest BCUT2D eigenvalue weighted by Gasteiger charge is -2.14. The van der Waals surface area contributed by atoms with Crippen molar-refractivity contribution in [3.05, 3.63) is 0 Å². The Morgan fingerprint density at radius 2 is 0.373 bits per heavy atom. The Morgan fingerprint density at radius 3 is 0.520 bits per heavy atom. The van der Waals surface area contributed by atoms with Gasteiger partial charge in [0.05, 0.1) is 0 Å². The van der Waals surface area contributed by atoms with E-state index in [0.29, 0.717) is 5.41 Å². The van der Waals surface area contributed by atoms with Crippen LogP contribution in [0.3, 0.4) is 0 Å². The Labute approximate surface area is 492 Å². The van der Waals surface area contributed by atoms with Gasteiger partial charge in [-0.05, 0) is 29.1 Å². The third kappa shape index (κ3) is 174. The molecule has 0 bridgehead atoms. The summed E-state index contributed by atoms with van der Waals surface area (Å²) in [6.07, 6.45) is 54.6. The smallest absolute Gasteiger partial charge is 0.0411 e. The monoisotopic (exact) mass is 1080 g/mol. The van der Waals surface area contributed by atoms with Crippen LogP contribution in [-0.2, 0) is 0 Å². The normalized spacial score (nSPS) is 10.2. The highest BCUT2D eigenvalue weighted by molar-refractivity contribution is 4.60. The SMILES string of the molecule is CC.CC.CC.CC.CC.CC.CC.CC(C)(C)C.CCC.CCCC(C)C.CCCCC(CC)CC.CCCCCCCCC(CC)CCCCCC.CCCCCCCCCCC(CC)CCCCCCCC. The molecule has 0 saturated heterocycles. The van der Waals surface area contributed by atoms with Gasteiger partial charge in [-0.2, -0.15) is 0 Å². The fraction of sp³-hybridized carbons (Fsp3) is 1.00. The number of hydrogen-bond donors (Lipinski definition) is 0. The summed E-state index contributed by atoms with van der Waals surface area (Å²) in [5.41, 5.74) is 0.500. The predicted molar refractivity (Wildman–Crippen MR) is 373 cm³/mol. The Morgan fingerprint density at radius 1 is 0.213 bits per heavy atom. The zero-order valence-electron chi connectivity index (χ0n) is 61.7. The highest BCUT2D eigenvalue weighted by Gasteiger charge is 2.07.